The van der Waals surface area contributed by atoms with Gasteiger partial charge in [0, 0.05) is 16.5 Å². The van der Waals surface area contributed by atoms with Crippen molar-refractivity contribution in [2.75, 3.05) is 0 Å². The van der Waals surface area contributed by atoms with Gasteiger partial charge in [0.15, 0.2) is 13.2 Å². The summed E-state index contributed by atoms with van der Waals surface area (Å²) in [5.74, 6) is 0. The second kappa shape index (κ2) is 5.21. The van der Waals surface area contributed by atoms with Gasteiger partial charge < -0.3 is 0 Å². The molecule has 2 heterocycles. The van der Waals surface area contributed by atoms with Crippen molar-refractivity contribution < 1.29 is 4.68 Å². The molecule has 24 heavy (non-hydrogen) atoms. The van der Waals surface area contributed by atoms with Crippen LogP contribution in [-0.2, 0) is 30.8 Å². The van der Waals surface area contributed by atoms with Crippen LogP contribution in [0, 0.1) is 0 Å². The molecule has 0 amide bonds. The molecule has 2 heteroatoms. The van der Waals surface area contributed by atoms with Crippen LogP contribution in [0.25, 0.3) is 11.3 Å². The molecule has 0 N–H and O–H groups in total. The quantitative estimate of drug-likeness (QED) is 0.726. The standard InChI is InChI=1S/C22H31N2/c1-6-21(4)18-14-10-12-16-11-9-13-17-15-23(5)24(20(17)19(16)18)22(21,7-2)8-3/h10,12,14-15H,6-9,11,13H2,1-5H3/q+1. The van der Waals surface area contributed by atoms with Crippen LogP contribution >= 0.6 is 0 Å². The summed E-state index contributed by atoms with van der Waals surface area (Å²) in [4.78, 5) is 0. The molecule has 0 saturated carbocycles. The minimum atomic E-state index is 0.153. The second-order valence-corrected chi connectivity index (χ2v) is 8.01. The Bertz CT molecular complexity index is 795. The van der Waals surface area contributed by atoms with Gasteiger partial charge in [-0.25, -0.2) is 0 Å². The fourth-order valence-corrected chi connectivity index (χ4v) is 5.95. The zero-order chi connectivity index (χ0) is 17.1. The summed E-state index contributed by atoms with van der Waals surface area (Å²) in [5, 5.41) is 0. The van der Waals surface area contributed by atoms with Gasteiger partial charge in [-0.15, -0.1) is 9.36 Å². The fraction of sp³-hybridized carbons (Fsp3) is 0.591. The maximum Gasteiger partial charge on any atom is 0.199 e. The molecule has 0 saturated heterocycles. The highest BCUT2D eigenvalue weighted by Crippen LogP contribution is 2.56. The summed E-state index contributed by atoms with van der Waals surface area (Å²) >= 11 is 0. The van der Waals surface area contributed by atoms with E-state index in [0.29, 0.717) is 0 Å². The Balaban J connectivity index is 2.21. The molecule has 1 aliphatic heterocycles. The molecule has 128 valence electrons. The number of aromatic nitrogens is 2. The van der Waals surface area contributed by atoms with Crippen molar-refractivity contribution in [2.24, 2.45) is 7.05 Å². The van der Waals surface area contributed by atoms with Gasteiger partial charge in [0.05, 0.1) is 0 Å². The first kappa shape index (κ1) is 15.9. The first-order chi connectivity index (χ1) is 11.5. The number of hydrogen-bond acceptors (Lipinski definition) is 0. The van der Waals surface area contributed by atoms with E-state index >= 15 is 0 Å². The van der Waals surface area contributed by atoms with Crippen molar-refractivity contribution in [3.8, 4) is 11.3 Å². The van der Waals surface area contributed by atoms with Gasteiger partial charge in [-0.3, -0.25) is 0 Å². The van der Waals surface area contributed by atoms with Crippen LogP contribution in [-0.4, -0.2) is 4.68 Å². The largest absolute Gasteiger partial charge is 0.199 e. The van der Waals surface area contributed by atoms with Crippen molar-refractivity contribution in [1.29, 1.82) is 0 Å². The molecule has 2 nitrogen and oxygen atoms in total. The second-order valence-electron chi connectivity index (χ2n) is 8.01. The number of benzene rings is 1. The lowest BCUT2D eigenvalue weighted by molar-refractivity contribution is -0.762. The van der Waals surface area contributed by atoms with E-state index in [2.05, 4.69) is 68.5 Å². The SMILES string of the molecule is CCC1(C)c2cccc3c2-c2c(c[n+](C)n2C1(CC)CC)CCC3. The van der Waals surface area contributed by atoms with Crippen LogP contribution in [0.15, 0.2) is 24.4 Å². The molecule has 0 bridgehead atoms. The Morgan fingerprint density at radius 1 is 1.04 bits per heavy atom. The third kappa shape index (κ3) is 1.65. The van der Waals surface area contributed by atoms with Crippen molar-refractivity contribution >= 4 is 0 Å². The normalized spacial score (nSPS) is 23.7. The van der Waals surface area contributed by atoms with Crippen LogP contribution in [0.3, 0.4) is 0 Å². The Kier molecular flexibility index (Phi) is 3.46. The van der Waals surface area contributed by atoms with E-state index in [4.69, 9.17) is 0 Å². The minimum absolute atomic E-state index is 0.153. The average molecular weight is 324 g/mol. The lowest BCUT2D eigenvalue weighted by Crippen LogP contribution is -2.61. The molecule has 0 fully saturated rings. The smallest absolute Gasteiger partial charge is 0.146 e. The summed E-state index contributed by atoms with van der Waals surface area (Å²) in [6, 6.07) is 7.10. The Morgan fingerprint density at radius 3 is 2.42 bits per heavy atom. The zero-order valence-corrected chi connectivity index (χ0v) is 15.9. The summed E-state index contributed by atoms with van der Waals surface area (Å²) in [7, 11) is 2.25. The van der Waals surface area contributed by atoms with Crippen LogP contribution in [0.1, 0.15) is 70.1 Å². The maximum atomic E-state index is 2.68. The topological polar surface area (TPSA) is 8.81 Å². The van der Waals surface area contributed by atoms with Crippen molar-refractivity contribution in [3.05, 3.63) is 41.1 Å². The van der Waals surface area contributed by atoms with E-state index in [9.17, 15) is 0 Å². The van der Waals surface area contributed by atoms with Crippen LogP contribution < -0.4 is 4.68 Å². The van der Waals surface area contributed by atoms with Gasteiger partial charge in [0.2, 0.25) is 0 Å². The van der Waals surface area contributed by atoms with Gasteiger partial charge in [-0.2, -0.15) is 0 Å². The summed E-state index contributed by atoms with van der Waals surface area (Å²) in [6.07, 6.45) is 9.62. The van der Waals surface area contributed by atoms with E-state index < -0.39 is 0 Å². The molecule has 1 unspecified atom stereocenters. The molecule has 1 aliphatic carbocycles. The predicted octanol–water partition coefficient (Wildman–Crippen LogP) is 4.66. The molecule has 0 spiro atoms. The Morgan fingerprint density at radius 2 is 1.75 bits per heavy atom. The highest BCUT2D eigenvalue weighted by Gasteiger charge is 2.56. The molecule has 1 atom stereocenters. The van der Waals surface area contributed by atoms with Crippen LogP contribution in [0.4, 0.5) is 0 Å². The summed E-state index contributed by atoms with van der Waals surface area (Å²) < 4.78 is 5.08. The van der Waals surface area contributed by atoms with Gasteiger partial charge in [0.1, 0.15) is 11.2 Å². The van der Waals surface area contributed by atoms with Crippen molar-refractivity contribution in [1.82, 2.24) is 4.68 Å². The van der Waals surface area contributed by atoms with E-state index in [-0.39, 0.29) is 11.0 Å². The molecule has 2 aliphatic rings. The predicted molar refractivity (Wildman–Crippen MR) is 99.3 cm³/mol. The average Bonchev–Trinajstić information content (AvgIpc) is 2.82. The number of hydrogen-bond donors (Lipinski definition) is 0. The molecule has 1 aromatic carbocycles. The maximum absolute atomic E-state index is 2.68. The Hall–Kier alpha value is -1.57. The fourth-order valence-electron chi connectivity index (χ4n) is 5.95. The lowest BCUT2D eigenvalue weighted by atomic mass is 9.59. The Labute approximate surface area is 146 Å². The monoisotopic (exact) mass is 323 g/mol. The zero-order valence-electron chi connectivity index (χ0n) is 15.9. The summed E-state index contributed by atoms with van der Waals surface area (Å²) in [5.41, 5.74) is 8.12. The van der Waals surface area contributed by atoms with Crippen molar-refractivity contribution in [2.45, 2.75) is 77.2 Å². The van der Waals surface area contributed by atoms with E-state index in [0.717, 1.165) is 0 Å². The van der Waals surface area contributed by atoms with Gasteiger partial charge in [-0.05, 0) is 49.7 Å². The minimum Gasteiger partial charge on any atom is -0.146 e. The van der Waals surface area contributed by atoms with Gasteiger partial charge >= 0.3 is 0 Å². The van der Waals surface area contributed by atoms with E-state index in [1.54, 1.807) is 22.3 Å². The number of aryl methyl sites for hydroxylation is 3. The number of rotatable bonds is 3. The molecule has 4 rings (SSSR count). The van der Waals surface area contributed by atoms with Crippen LogP contribution in [0.2, 0.25) is 0 Å². The third-order valence-electron chi connectivity index (χ3n) is 7.36. The number of nitrogens with zero attached hydrogens (tertiary/aromatic N) is 2. The van der Waals surface area contributed by atoms with E-state index in [1.807, 2.05) is 0 Å². The van der Waals surface area contributed by atoms with Gasteiger partial charge in [0.25, 0.3) is 0 Å². The first-order valence-electron chi connectivity index (χ1n) is 9.77. The highest BCUT2D eigenvalue weighted by atomic mass is 15.4. The third-order valence-corrected chi connectivity index (χ3v) is 7.36. The molecular formula is C22H31N2+. The van der Waals surface area contributed by atoms with Gasteiger partial charge in [-0.1, -0.05) is 45.9 Å². The molecule has 1 aromatic heterocycles. The molecular weight excluding hydrogens is 292 g/mol. The summed E-state index contributed by atoms with van der Waals surface area (Å²) in [6.45, 7) is 9.67. The highest BCUT2D eigenvalue weighted by molar-refractivity contribution is 5.75. The molecule has 2 aromatic rings. The lowest BCUT2D eigenvalue weighted by Gasteiger charge is -2.51. The van der Waals surface area contributed by atoms with E-state index in [1.165, 1.54) is 44.2 Å². The first-order valence-corrected chi connectivity index (χ1v) is 9.77. The van der Waals surface area contributed by atoms with Crippen molar-refractivity contribution in [3.63, 3.8) is 0 Å². The van der Waals surface area contributed by atoms with Crippen LogP contribution in [0.5, 0.6) is 0 Å². The molecule has 0 radical (unpaired) electrons.